The van der Waals surface area contributed by atoms with E-state index in [0.29, 0.717) is 6.54 Å². The number of aryl methyl sites for hydroxylation is 1. The topological polar surface area (TPSA) is 57.7 Å². The molecule has 0 atom stereocenters. The Balaban J connectivity index is 1.49. The lowest BCUT2D eigenvalue weighted by atomic mass is 10.2. The fourth-order valence-electron chi connectivity index (χ4n) is 2.90. The maximum atomic E-state index is 8.99. The molecule has 0 bridgehead atoms. The number of aliphatic hydroxyl groups excluding tert-OH is 1. The third-order valence-corrected chi connectivity index (χ3v) is 4.20. The van der Waals surface area contributed by atoms with E-state index in [4.69, 9.17) is 9.52 Å². The van der Waals surface area contributed by atoms with E-state index in [1.165, 1.54) is 5.56 Å². The Bertz CT molecular complexity index is 571. The van der Waals surface area contributed by atoms with Gasteiger partial charge in [-0.25, -0.2) is 0 Å². The average Bonchev–Trinajstić information content (AvgIpc) is 3.12. The standard InChI is InChI=1S/C16H24N4O2/c1-14-15(12-20(17-14)8-9-21)11-18-4-6-19(7-5-18)13-16-3-2-10-22-16/h2-3,10,12,21H,4-9,11,13H2,1H3. The van der Waals surface area contributed by atoms with Crippen LogP contribution in [0.15, 0.2) is 29.0 Å². The molecule has 0 spiro atoms. The first-order chi connectivity index (χ1) is 10.7. The van der Waals surface area contributed by atoms with E-state index in [1.54, 1.807) is 6.26 Å². The summed E-state index contributed by atoms with van der Waals surface area (Å²) in [6, 6.07) is 3.98. The molecule has 2 aromatic heterocycles. The van der Waals surface area contributed by atoms with Crippen LogP contribution in [0.25, 0.3) is 0 Å². The third kappa shape index (κ3) is 3.76. The second kappa shape index (κ2) is 7.09. The van der Waals surface area contributed by atoms with Gasteiger partial charge in [0.25, 0.3) is 0 Å². The molecular weight excluding hydrogens is 280 g/mol. The van der Waals surface area contributed by atoms with Gasteiger partial charge in [-0.1, -0.05) is 0 Å². The Labute approximate surface area is 130 Å². The quantitative estimate of drug-likeness (QED) is 0.866. The number of nitrogens with zero attached hydrogens (tertiary/aromatic N) is 4. The summed E-state index contributed by atoms with van der Waals surface area (Å²) in [6.07, 6.45) is 3.79. The Morgan fingerprint density at radius 3 is 2.55 bits per heavy atom. The molecule has 0 radical (unpaired) electrons. The van der Waals surface area contributed by atoms with E-state index in [2.05, 4.69) is 21.1 Å². The summed E-state index contributed by atoms with van der Waals surface area (Å²) >= 11 is 0. The Kier molecular flexibility index (Phi) is 4.92. The lowest BCUT2D eigenvalue weighted by molar-refractivity contribution is 0.116. The van der Waals surface area contributed by atoms with E-state index < -0.39 is 0 Å². The first-order valence-electron chi connectivity index (χ1n) is 7.85. The number of piperazine rings is 1. The normalized spacial score (nSPS) is 17.2. The van der Waals surface area contributed by atoms with Gasteiger partial charge in [-0.3, -0.25) is 14.5 Å². The van der Waals surface area contributed by atoms with Crippen LogP contribution in [0.1, 0.15) is 17.0 Å². The van der Waals surface area contributed by atoms with Crippen LogP contribution in [0.4, 0.5) is 0 Å². The first-order valence-corrected chi connectivity index (χ1v) is 7.85. The maximum absolute atomic E-state index is 8.99. The van der Waals surface area contributed by atoms with E-state index in [9.17, 15) is 0 Å². The molecule has 3 rings (SSSR count). The van der Waals surface area contributed by atoms with Crippen molar-refractivity contribution >= 4 is 0 Å². The predicted molar refractivity (Wildman–Crippen MR) is 83.3 cm³/mol. The zero-order valence-corrected chi connectivity index (χ0v) is 13.1. The molecule has 6 heteroatoms. The fraction of sp³-hybridized carbons (Fsp3) is 0.562. The molecule has 0 aliphatic carbocycles. The molecule has 2 aromatic rings. The second-order valence-electron chi connectivity index (χ2n) is 5.86. The van der Waals surface area contributed by atoms with Crippen LogP contribution in [0, 0.1) is 6.92 Å². The molecule has 0 aromatic carbocycles. The van der Waals surface area contributed by atoms with Crippen molar-refractivity contribution in [1.29, 1.82) is 0 Å². The molecule has 0 saturated carbocycles. The minimum Gasteiger partial charge on any atom is -0.468 e. The highest BCUT2D eigenvalue weighted by Crippen LogP contribution is 2.13. The second-order valence-corrected chi connectivity index (χ2v) is 5.86. The molecule has 1 saturated heterocycles. The molecule has 3 heterocycles. The van der Waals surface area contributed by atoms with Gasteiger partial charge in [-0.05, 0) is 19.1 Å². The van der Waals surface area contributed by atoms with Gasteiger partial charge < -0.3 is 9.52 Å². The van der Waals surface area contributed by atoms with Gasteiger partial charge in [0.05, 0.1) is 31.7 Å². The van der Waals surface area contributed by atoms with Gasteiger partial charge in [-0.2, -0.15) is 5.10 Å². The van der Waals surface area contributed by atoms with Gasteiger partial charge in [0.15, 0.2) is 0 Å². The minimum absolute atomic E-state index is 0.131. The summed E-state index contributed by atoms with van der Waals surface area (Å²) in [5.41, 5.74) is 2.32. The molecule has 22 heavy (non-hydrogen) atoms. The van der Waals surface area contributed by atoms with E-state index in [-0.39, 0.29) is 6.61 Å². The van der Waals surface area contributed by atoms with Crippen molar-refractivity contribution < 1.29 is 9.52 Å². The van der Waals surface area contributed by atoms with Gasteiger partial charge in [0, 0.05) is 44.5 Å². The van der Waals surface area contributed by atoms with Gasteiger partial charge >= 0.3 is 0 Å². The lowest BCUT2D eigenvalue weighted by Gasteiger charge is -2.34. The van der Waals surface area contributed by atoms with Gasteiger partial charge in [0.1, 0.15) is 5.76 Å². The summed E-state index contributed by atoms with van der Waals surface area (Å²) < 4.78 is 7.24. The molecule has 1 N–H and O–H groups in total. The van der Waals surface area contributed by atoms with Crippen molar-refractivity contribution in [1.82, 2.24) is 19.6 Å². The fourth-order valence-corrected chi connectivity index (χ4v) is 2.90. The Hall–Kier alpha value is -1.63. The van der Waals surface area contributed by atoms with Crippen LogP contribution in [-0.4, -0.2) is 57.5 Å². The van der Waals surface area contributed by atoms with Crippen molar-refractivity contribution in [3.05, 3.63) is 41.6 Å². The molecule has 0 unspecified atom stereocenters. The van der Waals surface area contributed by atoms with Gasteiger partial charge in [-0.15, -0.1) is 0 Å². The van der Waals surface area contributed by atoms with E-state index in [0.717, 1.165) is 50.7 Å². The molecule has 6 nitrogen and oxygen atoms in total. The van der Waals surface area contributed by atoms with Crippen molar-refractivity contribution in [2.45, 2.75) is 26.6 Å². The average molecular weight is 304 g/mol. The molecule has 1 fully saturated rings. The zero-order chi connectivity index (χ0) is 15.4. The monoisotopic (exact) mass is 304 g/mol. The van der Waals surface area contributed by atoms with E-state index in [1.807, 2.05) is 23.7 Å². The number of furan rings is 1. The van der Waals surface area contributed by atoms with Crippen LogP contribution in [0.5, 0.6) is 0 Å². The van der Waals surface area contributed by atoms with Crippen LogP contribution < -0.4 is 0 Å². The molecule has 120 valence electrons. The highest BCUT2D eigenvalue weighted by atomic mass is 16.3. The Morgan fingerprint density at radius 1 is 1.18 bits per heavy atom. The van der Waals surface area contributed by atoms with Crippen LogP contribution in [0.3, 0.4) is 0 Å². The number of rotatable bonds is 6. The van der Waals surface area contributed by atoms with Crippen LogP contribution in [-0.2, 0) is 19.6 Å². The SMILES string of the molecule is Cc1nn(CCO)cc1CN1CCN(Cc2ccco2)CC1. The largest absolute Gasteiger partial charge is 0.468 e. The van der Waals surface area contributed by atoms with E-state index >= 15 is 0 Å². The molecule has 0 amide bonds. The third-order valence-electron chi connectivity index (χ3n) is 4.20. The van der Waals surface area contributed by atoms with Crippen LogP contribution >= 0.6 is 0 Å². The highest BCUT2D eigenvalue weighted by Gasteiger charge is 2.19. The summed E-state index contributed by atoms with van der Waals surface area (Å²) in [5, 5.41) is 13.4. The van der Waals surface area contributed by atoms with Crippen molar-refractivity contribution in [3.8, 4) is 0 Å². The summed E-state index contributed by atoms with van der Waals surface area (Å²) in [5.74, 6) is 1.04. The number of aliphatic hydroxyl groups is 1. The van der Waals surface area contributed by atoms with Gasteiger partial charge in [0.2, 0.25) is 0 Å². The molecular formula is C16H24N4O2. The van der Waals surface area contributed by atoms with Crippen LogP contribution in [0.2, 0.25) is 0 Å². The molecule has 1 aliphatic heterocycles. The van der Waals surface area contributed by atoms with Crippen molar-refractivity contribution in [2.24, 2.45) is 0 Å². The Morgan fingerprint density at radius 2 is 1.91 bits per heavy atom. The number of hydrogen-bond acceptors (Lipinski definition) is 5. The molecule has 1 aliphatic rings. The number of hydrogen-bond donors (Lipinski definition) is 1. The zero-order valence-electron chi connectivity index (χ0n) is 13.1. The van der Waals surface area contributed by atoms with Crippen molar-refractivity contribution in [2.75, 3.05) is 32.8 Å². The smallest absolute Gasteiger partial charge is 0.117 e. The first kappa shape index (κ1) is 15.3. The van der Waals surface area contributed by atoms with Crippen molar-refractivity contribution in [3.63, 3.8) is 0 Å². The summed E-state index contributed by atoms with van der Waals surface area (Å²) in [4.78, 5) is 4.89. The number of aromatic nitrogens is 2. The lowest BCUT2D eigenvalue weighted by Crippen LogP contribution is -2.45. The minimum atomic E-state index is 0.131. The summed E-state index contributed by atoms with van der Waals surface area (Å²) in [6.45, 7) is 8.81. The maximum Gasteiger partial charge on any atom is 0.117 e. The summed E-state index contributed by atoms with van der Waals surface area (Å²) in [7, 11) is 0. The highest BCUT2D eigenvalue weighted by molar-refractivity contribution is 5.15. The predicted octanol–water partition coefficient (Wildman–Crippen LogP) is 1.09.